The summed E-state index contributed by atoms with van der Waals surface area (Å²) in [4.78, 5) is 16.5. The summed E-state index contributed by atoms with van der Waals surface area (Å²) < 4.78 is 24.3. The highest BCUT2D eigenvalue weighted by Crippen LogP contribution is 2.27. The van der Waals surface area contributed by atoms with Crippen LogP contribution in [0.2, 0.25) is 0 Å². The van der Waals surface area contributed by atoms with Crippen molar-refractivity contribution in [3.05, 3.63) is 39.4 Å². The minimum absolute atomic E-state index is 0.0372. The summed E-state index contributed by atoms with van der Waals surface area (Å²) in [5, 5.41) is 16.9. The summed E-state index contributed by atoms with van der Waals surface area (Å²) >= 11 is 5.08. The van der Waals surface area contributed by atoms with Crippen LogP contribution in [0.15, 0.2) is 44.2 Å². The normalized spacial score (nSPS) is 11.4. The number of rotatable bonds is 4. The van der Waals surface area contributed by atoms with Crippen LogP contribution in [-0.4, -0.2) is 20.8 Å². The molecule has 0 saturated heterocycles. The van der Waals surface area contributed by atoms with Crippen molar-refractivity contribution in [2.45, 2.75) is 10.7 Å². The number of nitrogens with one attached hydrogen (secondary N) is 2. The van der Waals surface area contributed by atoms with Crippen molar-refractivity contribution >= 4 is 35.4 Å². The highest BCUT2D eigenvalue weighted by atomic mass is 32.2. The summed E-state index contributed by atoms with van der Waals surface area (Å²) in [5.41, 5.74) is -0.672. The Morgan fingerprint density at radius 1 is 1.19 bits per heavy atom. The first-order valence-corrected chi connectivity index (χ1v) is 6.76. The molecule has 0 bridgehead atoms. The van der Waals surface area contributed by atoms with Gasteiger partial charge in [0.2, 0.25) is 11.6 Å². The van der Waals surface area contributed by atoms with E-state index in [0.29, 0.717) is 22.3 Å². The van der Waals surface area contributed by atoms with Crippen LogP contribution in [0.3, 0.4) is 0 Å². The Kier molecular flexibility index (Phi) is 4.81. The molecule has 1 aromatic heterocycles. The fraction of sp³-hybridized carbons (Fsp3) is 0.0909. The van der Waals surface area contributed by atoms with Crippen LogP contribution in [-0.2, 0) is 0 Å². The third-order valence-corrected chi connectivity index (χ3v) is 3.15. The van der Waals surface area contributed by atoms with Gasteiger partial charge >= 0.3 is 0 Å². The number of benzene rings is 1. The van der Waals surface area contributed by atoms with Gasteiger partial charge in [0, 0.05) is 4.90 Å². The van der Waals surface area contributed by atoms with Crippen molar-refractivity contribution in [3.8, 4) is 5.88 Å². The van der Waals surface area contributed by atoms with Gasteiger partial charge in [0.1, 0.15) is 0 Å². The predicted molar refractivity (Wildman–Crippen MR) is 76.4 cm³/mol. The molecule has 0 saturated carbocycles. The molecule has 0 fully saturated rings. The van der Waals surface area contributed by atoms with Gasteiger partial charge in [-0.3, -0.25) is 9.78 Å². The maximum absolute atomic E-state index is 12.2. The van der Waals surface area contributed by atoms with E-state index in [0.717, 1.165) is 0 Å². The Hall–Kier alpha value is -2.07. The van der Waals surface area contributed by atoms with Crippen molar-refractivity contribution < 1.29 is 13.9 Å². The smallest absolute Gasteiger partial charge is 0.288 e. The van der Waals surface area contributed by atoms with E-state index in [9.17, 15) is 18.7 Å². The number of H-pyrrole nitrogens is 2. The average Bonchev–Trinajstić information content (AvgIpc) is 2.38. The lowest BCUT2D eigenvalue weighted by molar-refractivity contribution is 0.252. The number of aromatic nitrogens is 2. The average molecular weight is 330 g/mol. The van der Waals surface area contributed by atoms with Gasteiger partial charge in [-0.1, -0.05) is 11.8 Å². The third kappa shape index (κ3) is 4.20. The molecule has 3 N–H and O–H groups in total. The first-order valence-electron chi connectivity index (χ1n) is 5.48. The lowest BCUT2D eigenvalue weighted by atomic mass is 10.3. The first-order chi connectivity index (χ1) is 9.95. The Labute approximate surface area is 126 Å². The molecular formula is C11H8F2N4O2S2. The molecule has 6 nitrogen and oxygen atoms in total. The van der Waals surface area contributed by atoms with Gasteiger partial charge < -0.3 is 10.1 Å². The van der Waals surface area contributed by atoms with E-state index in [4.69, 9.17) is 0 Å². The number of halogens is 2. The zero-order valence-electron chi connectivity index (χ0n) is 10.2. The van der Waals surface area contributed by atoms with Crippen molar-refractivity contribution in [3.63, 3.8) is 0 Å². The number of thioether (sulfide) groups is 1. The Bertz CT molecular complexity index is 771. The zero-order chi connectivity index (χ0) is 15.4. The van der Waals surface area contributed by atoms with Gasteiger partial charge in [-0.2, -0.15) is 13.9 Å². The number of alkyl halides is 2. The van der Waals surface area contributed by atoms with E-state index in [1.54, 1.807) is 0 Å². The van der Waals surface area contributed by atoms with E-state index in [1.807, 2.05) is 0 Å². The zero-order valence-corrected chi connectivity index (χ0v) is 11.8. The predicted octanol–water partition coefficient (Wildman–Crippen LogP) is 3.87. The standard InChI is InChI=1S/C11H8F2N4O2S2/c12-10(13)21-6-3-1-5(2-4-6)16-17-7-8(18)14-11(20)15-9(7)19/h1-4,10H,(H3,14,15,18,19,20). The molecule has 10 heteroatoms. The number of hydrogen-bond donors (Lipinski definition) is 3. The number of nitrogens with zero attached hydrogens (tertiary/aromatic N) is 2. The molecule has 1 aromatic carbocycles. The van der Waals surface area contributed by atoms with Crippen LogP contribution >= 0.6 is 24.0 Å². The molecule has 1 heterocycles. The van der Waals surface area contributed by atoms with Crippen LogP contribution in [0.4, 0.5) is 20.2 Å². The van der Waals surface area contributed by atoms with Gasteiger partial charge in [0.05, 0.1) is 5.69 Å². The molecule has 0 unspecified atom stereocenters. The van der Waals surface area contributed by atoms with E-state index in [2.05, 4.69) is 32.4 Å². The number of aromatic hydroxyl groups is 1. The summed E-state index contributed by atoms with van der Waals surface area (Å²) in [6.45, 7) is 0. The second-order valence-electron chi connectivity index (χ2n) is 3.68. The molecule has 2 aromatic rings. The Balaban J connectivity index is 2.22. The fourth-order valence-corrected chi connectivity index (χ4v) is 2.05. The molecule has 0 aliphatic carbocycles. The van der Waals surface area contributed by atoms with E-state index >= 15 is 0 Å². The lowest BCUT2D eigenvalue weighted by Gasteiger charge is -2.00. The number of hydrogen-bond acceptors (Lipinski definition) is 6. The van der Waals surface area contributed by atoms with Gasteiger partial charge in [0.15, 0.2) is 4.77 Å². The van der Waals surface area contributed by atoms with Crippen LogP contribution in [0.25, 0.3) is 0 Å². The molecular weight excluding hydrogens is 322 g/mol. The second-order valence-corrected chi connectivity index (χ2v) is 5.15. The number of aromatic amines is 2. The van der Waals surface area contributed by atoms with Crippen LogP contribution in [0, 0.1) is 4.77 Å². The van der Waals surface area contributed by atoms with E-state index in [-0.39, 0.29) is 10.5 Å². The van der Waals surface area contributed by atoms with E-state index < -0.39 is 17.2 Å². The molecule has 0 radical (unpaired) electrons. The van der Waals surface area contributed by atoms with Crippen molar-refractivity contribution in [1.29, 1.82) is 0 Å². The minimum Gasteiger partial charge on any atom is -0.493 e. The molecule has 0 spiro atoms. The van der Waals surface area contributed by atoms with Crippen LogP contribution < -0.4 is 5.56 Å². The van der Waals surface area contributed by atoms with Crippen LogP contribution in [0.1, 0.15) is 0 Å². The number of azo groups is 1. The van der Waals surface area contributed by atoms with Crippen LogP contribution in [0.5, 0.6) is 5.88 Å². The SMILES string of the molecule is O=c1[nH]c(=S)[nH]c(O)c1N=Nc1ccc(SC(F)F)cc1. The van der Waals surface area contributed by atoms with Gasteiger partial charge in [0.25, 0.3) is 11.3 Å². The van der Waals surface area contributed by atoms with Crippen molar-refractivity contribution in [2.24, 2.45) is 10.2 Å². The highest BCUT2D eigenvalue weighted by Gasteiger charge is 2.07. The van der Waals surface area contributed by atoms with Gasteiger partial charge in [-0.25, -0.2) is 0 Å². The summed E-state index contributed by atoms with van der Waals surface area (Å²) in [6.07, 6.45) is 0. The summed E-state index contributed by atoms with van der Waals surface area (Å²) in [7, 11) is 0. The topological polar surface area (TPSA) is 93.6 Å². The minimum atomic E-state index is -2.50. The fourth-order valence-electron chi connectivity index (χ4n) is 1.36. The summed E-state index contributed by atoms with van der Waals surface area (Å²) in [6, 6.07) is 5.83. The Morgan fingerprint density at radius 3 is 2.43 bits per heavy atom. The van der Waals surface area contributed by atoms with Crippen molar-refractivity contribution in [2.75, 3.05) is 0 Å². The van der Waals surface area contributed by atoms with Gasteiger partial charge in [-0.05, 0) is 36.5 Å². The highest BCUT2D eigenvalue weighted by molar-refractivity contribution is 7.99. The molecule has 0 aliphatic heterocycles. The molecule has 0 aliphatic rings. The largest absolute Gasteiger partial charge is 0.493 e. The lowest BCUT2D eigenvalue weighted by Crippen LogP contribution is -2.06. The first kappa shape index (κ1) is 15.3. The third-order valence-electron chi connectivity index (χ3n) is 2.23. The second kappa shape index (κ2) is 6.59. The maximum atomic E-state index is 12.2. The molecule has 0 atom stereocenters. The summed E-state index contributed by atoms with van der Waals surface area (Å²) in [5.74, 6) is -3.00. The quantitative estimate of drug-likeness (QED) is 0.451. The maximum Gasteiger partial charge on any atom is 0.288 e. The van der Waals surface area contributed by atoms with Gasteiger partial charge in [-0.15, -0.1) is 5.11 Å². The molecule has 0 amide bonds. The monoisotopic (exact) mass is 330 g/mol. The molecule has 2 rings (SSSR count). The van der Waals surface area contributed by atoms with Crippen molar-refractivity contribution in [1.82, 2.24) is 9.97 Å². The molecule has 21 heavy (non-hydrogen) atoms. The Morgan fingerprint density at radius 2 is 1.86 bits per heavy atom. The van der Waals surface area contributed by atoms with E-state index in [1.165, 1.54) is 24.3 Å². The molecule has 110 valence electrons.